The Bertz CT molecular complexity index is 439. The molecular formula is C13H19Cl2FN2O. The second-order valence-electron chi connectivity index (χ2n) is 4.82. The minimum absolute atomic E-state index is 0. The molecule has 3 nitrogen and oxygen atoms in total. The second-order valence-corrected chi connectivity index (χ2v) is 5.22. The number of rotatable bonds is 5. The van der Waals surface area contributed by atoms with Gasteiger partial charge in [-0.05, 0) is 24.7 Å². The lowest BCUT2D eigenvalue weighted by Gasteiger charge is -2.26. The van der Waals surface area contributed by atoms with Crippen LogP contribution in [0, 0.1) is 5.82 Å². The van der Waals surface area contributed by atoms with Gasteiger partial charge in [-0.2, -0.15) is 0 Å². The molecule has 19 heavy (non-hydrogen) atoms. The molecule has 6 heteroatoms. The van der Waals surface area contributed by atoms with Gasteiger partial charge in [0, 0.05) is 17.0 Å². The van der Waals surface area contributed by atoms with E-state index in [0.29, 0.717) is 11.6 Å². The van der Waals surface area contributed by atoms with Crippen LogP contribution in [0.25, 0.3) is 0 Å². The largest absolute Gasteiger partial charge is 0.354 e. The van der Waals surface area contributed by atoms with E-state index in [4.69, 9.17) is 11.6 Å². The van der Waals surface area contributed by atoms with Crippen LogP contribution in [0.1, 0.15) is 19.4 Å². The van der Waals surface area contributed by atoms with Crippen LogP contribution in [0.3, 0.4) is 0 Å². The number of hydrogen-bond acceptors (Lipinski definition) is 2. The highest BCUT2D eigenvalue weighted by atomic mass is 35.5. The number of nitrogens with one attached hydrogen (secondary N) is 2. The zero-order chi connectivity index (χ0) is 13.8. The van der Waals surface area contributed by atoms with E-state index in [0.717, 1.165) is 5.56 Å². The van der Waals surface area contributed by atoms with Crippen molar-refractivity contribution in [2.45, 2.75) is 19.3 Å². The fourth-order valence-electron chi connectivity index (χ4n) is 1.68. The number of amides is 1. The minimum atomic E-state index is -0.362. The third kappa shape index (κ3) is 5.35. The van der Waals surface area contributed by atoms with Crippen molar-refractivity contribution in [2.24, 2.45) is 0 Å². The number of carbonyl (C=O) groups is 1. The lowest BCUT2D eigenvalue weighted by molar-refractivity contribution is -0.120. The van der Waals surface area contributed by atoms with Crippen molar-refractivity contribution in [1.29, 1.82) is 0 Å². The van der Waals surface area contributed by atoms with E-state index >= 15 is 0 Å². The van der Waals surface area contributed by atoms with Crippen LogP contribution < -0.4 is 10.6 Å². The first-order valence-electron chi connectivity index (χ1n) is 5.73. The molecule has 1 aromatic rings. The average Bonchev–Trinajstić information content (AvgIpc) is 2.26. The van der Waals surface area contributed by atoms with Gasteiger partial charge in [0.2, 0.25) is 5.91 Å². The highest BCUT2D eigenvalue weighted by Gasteiger charge is 2.24. The lowest BCUT2D eigenvalue weighted by atomic mass is 9.84. The van der Waals surface area contributed by atoms with Gasteiger partial charge in [0.05, 0.1) is 6.54 Å². The van der Waals surface area contributed by atoms with Gasteiger partial charge in [0.15, 0.2) is 0 Å². The number of hydrogen-bond donors (Lipinski definition) is 2. The van der Waals surface area contributed by atoms with Gasteiger partial charge < -0.3 is 10.6 Å². The molecule has 0 fully saturated rings. The molecule has 2 N–H and O–H groups in total. The molecule has 0 saturated carbocycles. The number of benzene rings is 1. The smallest absolute Gasteiger partial charge is 0.233 e. The molecule has 108 valence electrons. The zero-order valence-electron chi connectivity index (χ0n) is 11.2. The van der Waals surface area contributed by atoms with E-state index < -0.39 is 0 Å². The molecule has 1 aromatic carbocycles. The van der Waals surface area contributed by atoms with E-state index in [-0.39, 0.29) is 36.1 Å². The summed E-state index contributed by atoms with van der Waals surface area (Å²) in [5.74, 6) is -0.442. The topological polar surface area (TPSA) is 41.1 Å². The van der Waals surface area contributed by atoms with Crippen molar-refractivity contribution in [1.82, 2.24) is 10.6 Å². The Morgan fingerprint density at radius 1 is 1.42 bits per heavy atom. The Hall–Kier alpha value is -0.840. The standard InChI is InChI=1S/C13H18ClFN2O.ClH/c1-13(2,8-17-12(18)7-16-3)10-5-4-9(15)6-11(10)14;/h4-6,16H,7-8H2,1-3H3,(H,17,18);1H. The molecule has 0 spiro atoms. The quantitative estimate of drug-likeness (QED) is 0.877. The molecule has 0 saturated heterocycles. The van der Waals surface area contributed by atoms with Gasteiger partial charge in [-0.3, -0.25) is 4.79 Å². The van der Waals surface area contributed by atoms with Crippen LogP contribution in [-0.2, 0) is 10.2 Å². The third-order valence-corrected chi connectivity index (χ3v) is 3.04. The first kappa shape index (κ1) is 18.2. The molecule has 0 bridgehead atoms. The van der Waals surface area contributed by atoms with E-state index in [2.05, 4.69) is 10.6 Å². The SMILES string of the molecule is CNCC(=O)NCC(C)(C)c1ccc(F)cc1Cl.Cl. The maximum absolute atomic E-state index is 13.0. The molecule has 0 aliphatic rings. The second kappa shape index (κ2) is 7.68. The van der Waals surface area contributed by atoms with Crippen molar-refractivity contribution in [3.63, 3.8) is 0 Å². The molecule has 0 aromatic heterocycles. The number of carbonyl (C=O) groups excluding carboxylic acids is 1. The van der Waals surface area contributed by atoms with Crippen LogP contribution >= 0.6 is 24.0 Å². The molecule has 1 amide bonds. The van der Waals surface area contributed by atoms with Gasteiger partial charge in [-0.25, -0.2) is 4.39 Å². The van der Waals surface area contributed by atoms with E-state index in [9.17, 15) is 9.18 Å². The number of halogens is 3. The highest BCUT2D eigenvalue weighted by Crippen LogP contribution is 2.29. The normalized spacial score (nSPS) is 10.8. The fourth-order valence-corrected chi connectivity index (χ4v) is 2.10. The Morgan fingerprint density at radius 2 is 2.05 bits per heavy atom. The Balaban J connectivity index is 0.00000324. The Morgan fingerprint density at radius 3 is 2.58 bits per heavy atom. The van der Waals surface area contributed by atoms with Crippen LogP contribution in [0.15, 0.2) is 18.2 Å². The molecule has 0 heterocycles. The summed E-state index contributed by atoms with van der Waals surface area (Å²) in [5, 5.41) is 5.96. The lowest BCUT2D eigenvalue weighted by Crippen LogP contribution is -2.40. The summed E-state index contributed by atoms with van der Waals surface area (Å²) >= 11 is 6.03. The zero-order valence-corrected chi connectivity index (χ0v) is 12.8. The molecule has 0 aliphatic carbocycles. The van der Waals surface area contributed by atoms with Gasteiger partial charge in [0.25, 0.3) is 0 Å². The van der Waals surface area contributed by atoms with Crippen molar-refractivity contribution in [2.75, 3.05) is 20.1 Å². The van der Waals surface area contributed by atoms with Crippen molar-refractivity contribution >= 4 is 29.9 Å². The summed E-state index contributed by atoms with van der Waals surface area (Å²) in [4.78, 5) is 11.4. The molecule has 1 rings (SSSR count). The summed E-state index contributed by atoms with van der Waals surface area (Å²) in [6.07, 6.45) is 0. The van der Waals surface area contributed by atoms with Crippen LogP contribution in [-0.4, -0.2) is 26.0 Å². The Kier molecular flexibility index (Phi) is 7.34. The number of likely N-dealkylation sites (N-methyl/N-ethyl adjacent to an activating group) is 1. The van der Waals surface area contributed by atoms with E-state index in [1.54, 1.807) is 13.1 Å². The van der Waals surface area contributed by atoms with Crippen LogP contribution in [0.5, 0.6) is 0 Å². The molecule has 0 unspecified atom stereocenters. The predicted octanol–water partition coefficient (Wildman–Crippen LogP) is 2.51. The Labute approximate surface area is 124 Å². The summed E-state index contributed by atoms with van der Waals surface area (Å²) < 4.78 is 13.0. The predicted molar refractivity (Wildman–Crippen MR) is 78.6 cm³/mol. The maximum Gasteiger partial charge on any atom is 0.233 e. The van der Waals surface area contributed by atoms with E-state index in [1.165, 1.54) is 12.1 Å². The van der Waals surface area contributed by atoms with Crippen molar-refractivity contribution < 1.29 is 9.18 Å². The van der Waals surface area contributed by atoms with Gasteiger partial charge in [-0.15, -0.1) is 12.4 Å². The van der Waals surface area contributed by atoms with Gasteiger partial charge >= 0.3 is 0 Å². The minimum Gasteiger partial charge on any atom is -0.354 e. The van der Waals surface area contributed by atoms with Crippen LogP contribution in [0.2, 0.25) is 5.02 Å². The molecular weight excluding hydrogens is 290 g/mol. The summed E-state index contributed by atoms with van der Waals surface area (Å²) in [7, 11) is 1.71. The summed E-state index contributed by atoms with van der Waals surface area (Å²) in [6.45, 7) is 4.61. The molecule has 0 aliphatic heterocycles. The highest BCUT2D eigenvalue weighted by molar-refractivity contribution is 6.31. The van der Waals surface area contributed by atoms with E-state index in [1.807, 2.05) is 13.8 Å². The molecule has 0 radical (unpaired) electrons. The first-order chi connectivity index (χ1) is 8.36. The first-order valence-corrected chi connectivity index (χ1v) is 6.11. The maximum atomic E-state index is 13.0. The van der Waals surface area contributed by atoms with Crippen molar-refractivity contribution in [3.8, 4) is 0 Å². The van der Waals surface area contributed by atoms with Crippen LogP contribution in [0.4, 0.5) is 4.39 Å². The fraction of sp³-hybridized carbons (Fsp3) is 0.462. The summed E-state index contributed by atoms with van der Waals surface area (Å²) in [6, 6.07) is 4.31. The molecule has 0 atom stereocenters. The third-order valence-electron chi connectivity index (χ3n) is 2.73. The summed E-state index contributed by atoms with van der Waals surface area (Å²) in [5.41, 5.74) is 0.462. The average molecular weight is 309 g/mol. The van der Waals surface area contributed by atoms with Gasteiger partial charge in [-0.1, -0.05) is 31.5 Å². The van der Waals surface area contributed by atoms with Crippen molar-refractivity contribution in [3.05, 3.63) is 34.6 Å². The monoisotopic (exact) mass is 308 g/mol. The van der Waals surface area contributed by atoms with Gasteiger partial charge in [0.1, 0.15) is 5.82 Å².